The van der Waals surface area contributed by atoms with Gasteiger partial charge in [-0.3, -0.25) is 4.68 Å². The Labute approximate surface area is 84.5 Å². The molecule has 0 aromatic carbocycles. The number of aromatic nitrogens is 2. The van der Waals surface area contributed by atoms with Crippen molar-refractivity contribution in [1.29, 1.82) is 0 Å². The molecule has 0 aliphatic carbocycles. The summed E-state index contributed by atoms with van der Waals surface area (Å²) in [6, 6.07) is 0. The van der Waals surface area contributed by atoms with Crippen molar-refractivity contribution in [2.75, 3.05) is 7.11 Å². The Morgan fingerprint density at radius 2 is 2.29 bits per heavy atom. The number of hydrogen-bond acceptors (Lipinski definition) is 3. The van der Waals surface area contributed by atoms with Gasteiger partial charge in [0.05, 0.1) is 19.4 Å². The first-order chi connectivity index (χ1) is 6.74. The number of methoxy groups -OCH3 is 1. The quantitative estimate of drug-likeness (QED) is 0.784. The maximum absolute atomic E-state index is 9.80. The highest BCUT2D eigenvalue weighted by Crippen LogP contribution is 2.26. The Balaban J connectivity index is 2.99. The van der Waals surface area contributed by atoms with Gasteiger partial charge in [0.25, 0.3) is 0 Å². The van der Waals surface area contributed by atoms with Gasteiger partial charge in [0.15, 0.2) is 5.75 Å². The third-order valence-corrected chi connectivity index (χ3v) is 2.20. The van der Waals surface area contributed by atoms with E-state index in [-0.39, 0.29) is 0 Å². The summed E-state index contributed by atoms with van der Waals surface area (Å²) < 4.78 is 6.96. The highest BCUT2D eigenvalue weighted by Gasteiger charge is 2.17. The largest absolute Gasteiger partial charge is 0.493 e. The minimum Gasteiger partial charge on any atom is -0.493 e. The van der Waals surface area contributed by atoms with Crippen LogP contribution in [-0.2, 0) is 6.54 Å². The molecule has 0 aliphatic heterocycles. The first kappa shape index (κ1) is 11.0. The lowest BCUT2D eigenvalue weighted by atomic mass is 10.2. The second-order valence-corrected chi connectivity index (χ2v) is 3.25. The second-order valence-electron chi connectivity index (χ2n) is 3.25. The molecule has 1 unspecified atom stereocenters. The molecule has 14 heavy (non-hydrogen) atoms. The highest BCUT2D eigenvalue weighted by atomic mass is 16.5. The van der Waals surface area contributed by atoms with Gasteiger partial charge >= 0.3 is 0 Å². The lowest BCUT2D eigenvalue weighted by Gasteiger charge is -2.12. The minimum absolute atomic E-state index is 0.487. The molecule has 0 saturated heterocycles. The van der Waals surface area contributed by atoms with Crippen LogP contribution in [0, 0.1) is 0 Å². The van der Waals surface area contributed by atoms with E-state index >= 15 is 0 Å². The number of ether oxygens (including phenoxy) is 1. The zero-order valence-electron chi connectivity index (χ0n) is 9.03. The van der Waals surface area contributed by atoms with E-state index in [4.69, 9.17) is 4.74 Å². The topological polar surface area (TPSA) is 47.3 Å². The van der Waals surface area contributed by atoms with Gasteiger partial charge in [-0.15, -0.1) is 0 Å². The van der Waals surface area contributed by atoms with E-state index < -0.39 is 6.10 Å². The summed E-state index contributed by atoms with van der Waals surface area (Å²) in [6.07, 6.45) is 2.84. The Morgan fingerprint density at radius 1 is 1.57 bits per heavy atom. The smallest absolute Gasteiger partial charge is 0.162 e. The minimum atomic E-state index is -0.487. The molecule has 1 atom stereocenters. The summed E-state index contributed by atoms with van der Waals surface area (Å²) in [5.41, 5.74) is 0.789. The zero-order chi connectivity index (χ0) is 10.6. The average Bonchev–Trinajstić information content (AvgIpc) is 2.60. The lowest BCUT2D eigenvalue weighted by molar-refractivity contribution is 0.157. The van der Waals surface area contributed by atoms with Crippen LogP contribution in [0.25, 0.3) is 0 Å². The first-order valence-corrected chi connectivity index (χ1v) is 5.02. The van der Waals surface area contributed by atoms with E-state index in [1.807, 2.05) is 11.6 Å². The van der Waals surface area contributed by atoms with Crippen LogP contribution >= 0.6 is 0 Å². The summed E-state index contributed by atoms with van der Waals surface area (Å²) in [7, 11) is 1.60. The van der Waals surface area contributed by atoms with E-state index in [0.29, 0.717) is 12.2 Å². The van der Waals surface area contributed by atoms with E-state index in [0.717, 1.165) is 18.7 Å². The van der Waals surface area contributed by atoms with Crippen LogP contribution in [-0.4, -0.2) is 22.0 Å². The van der Waals surface area contributed by atoms with Crippen LogP contribution in [0.15, 0.2) is 6.20 Å². The summed E-state index contributed by atoms with van der Waals surface area (Å²) in [6.45, 7) is 4.83. The molecule has 1 aromatic rings. The van der Waals surface area contributed by atoms with Crippen LogP contribution in [0.1, 0.15) is 38.5 Å². The van der Waals surface area contributed by atoms with Crippen molar-refractivity contribution in [3.05, 3.63) is 11.9 Å². The van der Waals surface area contributed by atoms with Crippen LogP contribution < -0.4 is 4.74 Å². The van der Waals surface area contributed by atoms with Crippen molar-refractivity contribution in [1.82, 2.24) is 9.78 Å². The van der Waals surface area contributed by atoms with E-state index in [2.05, 4.69) is 12.0 Å². The molecule has 0 saturated carbocycles. The second kappa shape index (κ2) is 5.00. The molecule has 1 heterocycles. The Hall–Kier alpha value is -1.03. The van der Waals surface area contributed by atoms with Gasteiger partial charge in [-0.25, -0.2) is 0 Å². The summed E-state index contributed by atoms with van der Waals surface area (Å²) in [5.74, 6) is 0.674. The number of aliphatic hydroxyl groups is 1. The average molecular weight is 198 g/mol. The van der Waals surface area contributed by atoms with Gasteiger partial charge < -0.3 is 9.84 Å². The molecular formula is C10H18N2O2. The molecule has 0 aliphatic rings. The highest BCUT2D eigenvalue weighted by molar-refractivity contribution is 5.27. The Bertz CT molecular complexity index is 284. The Kier molecular flexibility index (Phi) is 3.95. The molecule has 0 amide bonds. The third-order valence-electron chi connectivity index (χ3n) is 2.20. The predicted octanol–water partition coefficient (Wildman–Crippen LogP) is 1.75. The number of rotatable bonds is 5. The number of nitrogens with zero attached hydrogens (tertiary/aromatic N) is 2. The summed E-state index contributed by atoms with van der Waals surface area (Å²) in [5, 5.41) is 14.0. The Morgan fingerprint density at radius 3 is 2.79 bits per heavy atom. The van der Waals surface area contributed by atoms with Gasteiger partial charge in [-0.1, -0.05) is 13.8 Å². The van der Waals surface area contributed by atoms with Gasteiger partial charge in [-0.2, -0.15) is 5.10 Å². The van der Waals surface area contributed by atoms with Crippen LogP contribution in [0.3, 0.4) is 0 Å². The van der Waals surface area contributed by atoms with E-state index in [9.17, 15) is 5.11 Å². The third kappa shape index (κ3) is 2.07. The number of aliphatic hydroxyl groups excluding tert-OH is 1. The van der Waals surface area contributed by atoms with Crippen molar-refractivity contribution < 1.29 is 9.84 Å². The number of hydrogen-bond donors (Lipinski definition) is 1. The molecule has 4 heteroatoms. The molecule has 1 rings (SSSR count). The van der Waals surface area contributed by atoms with Gasteiger partial charge in [-0.05, 0) is 12.8 Å². The summed E-state index contributed by atoms with van der Waals surface area (Å²) >= 11 is 0. The standard InChI is InChI=1S/C10H18N2O2/c1-4-6-12-10(8(13)5-2)9(14-3)7-11-12/h7-8,13H,4-6H2,1-3H3. The van der Waals surface area contributed by atoms with Crippen molar-refractivity contribution in [2.24, 2.45) is 0 Å². The van der Waals surface area contributed by atoms with Gasteiger partial charge in [0.1, 0.15) is 5.69 Å². The zero-order valence-corrected chi connectivity index (χ0v) is 9.03. The molecule has 0 radical (unpaired) electrons. The maximum atomic E-state index is 9.80. The maximum Gasteiger partial charge on any atom is 0.162 e. The fourth-order valence-corrected chi connectivity index (χ4v) is 1.45. The molecular weight excluding hydrogens is 180 g/mol. The molecule has 0 spiro atoms. The van der Waals surface area contributed by atoms with E-state index in [1.54, 1.807) is 13.3 Å². The SMILES string of the molecule is CCCn1ncc(OC)c1C(O)CC. The van der Waals surface area contributed by atoms with Crippen molar-refractivity contribution in [2.45, 2.75) is 39.3 Å². The first-order valence-electron chi connectivity index (χ1n) is 5.02. The van der Waals surface area contributed by atoms with Crippen LogP contribution in [0.4, 0.5) is 0 Å². The number of aryl methyl sites for hydroxylation is 1. The fraction of sp³-hybridized carbons (Fsp3) is 0.700. The molecule has 80 valence electrons. The normalized spacial score (nSPS) is 12.9. The van der Waals surface area contributed by atoms with Crippen molar-refractivity contribution >= 4 is 0 Å². The van der Waals surface area contributed by atoms with E-state index in [1.165, 1.54) is 0 Å². The lowest BCUT2D eigenvalue weighted by Crippen LogP contribution is -2.09. The molecule has 1 N–H and O–H groups in total. The summed E-state index contributed by atoms with van der Waals surface area (Å²) in [4.78, 5) is 0. The van der Waals surface area contributed by atoms with Crippen molar-refractivity contribution in [3.8, 4) is 5.75 Å². The monoisotopic (exact) mass is 198 g/mol. The molecule has 0 fully saturated rings. The molecule has 1 aromatic heterocycles. The van der Waals surface area contributed by atoms with Gasteiger partial charge in [0.2, 0.25) is 0 Å². The van der Waals surface area contributed by atoms with Crippen molar-refractivity contribution in [3.63, 3.8) is 0 Å². The van der Waals surface area contributed by atoms with Gasteiger partial charge in [0, 0.05) is 6.54 Å². The van der Waals surface area contributed by atoms with Crippen LogP contribution in [0.2, 0.25) is 0 Å². The fourth-order valence-electron chi connectivity index (χ4n) is 1.45. The predicted molar refractivity (Wildman–Crippen MR) is 54.3 cm³/mol. The molecule has 4 nitrogen and oxygen atoms in total. The molecule has 0 bridgehead atoms. The van der Waals surface area contributed by atoms with Crippen LogP contribution in [0.5, 0.6) is 5.75 Å².